The molecule has 0 unspecified atom stereocenters. The fourth-order valence-corrected chi connectivity index (χ4v) is 1.61. The largest absolute Gasteiger partial charge is 0.398 e. The number of nitrogens with two attached hydrogens (primary N) is 2. The Morgan fingerprint density at radius 1 is 1.29 bits per heavy atom. The van der Waals surface area contributed by atoms with Gasteiger partial charge in [-0.25, -0.2) is 0 Å². The highest BCUT2D eigenvalue weighted by atomic mass is 35.5. The van der Waals surface area contributed by atoms with E-state index in [1.54, 1.807) is 0 Å². The van der Waals surface area contributed by atoms with Gasteiger partial charge in [-0.15, -0.1) is 0 Å². The van der Waals surface area contributed by atoms with Crippen molar-refractivity contribution in [3.63, 3.8) is 0 Å². The van der Waals surface area contributed by atoms with Gasteiger partial charge in [0.2, 0.25) is 0 Å². The zero-order valence-electron chi connectivity index (χ0n) is 8.84. The second kappa shape index (κ2) is 3.79. The van der Waals surface area contributed by atoms with Crippen LogP contribution in [0.15, 0.2) is 18.2 Å². The summed E-state index contributed by atoms with van der Waals surface area (Å²) in [6.07, 6.45) is 0. The molecule has 0 aliphatic heterocycles. The summed E-state index contributed by atoms with van der Waals surface area (Å²) in [7, 11) is 0. The smallest absolute Gasteiger partial charge is 0.0474 e. The maximum atomic E-state index is 6.11. The summed E-state index contributed by atoms with van der Waals surface area (Å²) in [4.78, 5) is 0. The van der Waals surface area contributed by atoms with Crippen LogP contribution in [0, 0.1) is 5.41 Å². The molecule has 0 fully saturated rings. The van der Waals surface area contributed by atoms with Crippen molar-refractivity contribution in [2.45, 2.75) is 26.8 Å². The van der Waals surface area contributed by atoms with Gasteiger partial charge in [0.1, 0.15) is 0 Å². The molecule has 0 aromatic heterocycles. The van der Waals surface area contributed by atoms with Crippen LogP contribution in [0.4, 0.5) is 5.69 Å². The normalized spacial score (nSPS) is 14.1. The lowest BCUT2D eigenvalue weighted by molar-refractivity contribution is 0.328. The second-order valence-corrected chi connectivity index (χ2v) is 4.99. The van der Waals surface area contributed by atoms with E-state index in [0.717, 1.165) is 5.56 Å². The Labute approximate surface area is 90.2 Å². The average Bonchev–Trinajstić information content (AvgIpc) is 2.01. The van der Waals surface area contributed by atoms with Crippen molar-refractivity contribution < 1.29 is 0 Å². The topological polar surface area (TPSA) is 52.0 Å². The number of halogens is 1. The van der Waals surface area contributed by atoms with Crippen LogP contribution in [-0.4, -0.2) is 0 Å². The maximum Gasteiger partial charge on any atom is 0.0474 e. The second-order valence-electron chi connectivity index (χ2n) is 4.59. The van der Waals surface area contributed by atoms with E-state index >= 15 is 0 Å². The van der Waals surface area contributed by atoms with E-state index in [-0.39, 0.29) is 11.5 Å². The summed E-state index contributed by atoms with van der Waals surface area (Å²) in [5.41, 5.74) is 13.4. The highest BCUT2D eigenvalue weighted by Gasteiger charge is 2.25. The first-order valence-electron chi connectivity index (χ1n) is 4.63. The number of hydrogen-bond acceptors (Lipinski definition) is 2. The van der Waals surface area contributed by atoms with Crippen LogP contribution in [0.1, 0.15) is 32.4 Å². The first kappa shape index (κ1) is 11.3. The van der Waals surface area contributed by atoms with Gasteiger partial charge in [-0.05, 0) is 17.5 Å². The Kier molecular flexibility index (Phi) is 3.07. The van der Waals surface area contributed by atoms with Gasteiger partial charge in [0.15, 0.2) is 0 Å². The quantitative estimate of drug-likeness (QED) is 0.704. The molecule has 0 heterocycles. The third-order valence-corrected chi connectivity index (χ3v) is 2.66. The van der Waals surface area contributed by atoms with E-state index < -0.39 is 0 Å². The van der Waals surface area contributed by atoms with Gasteiger partial charge in [-0.2, -0.15) is 0 Å². The Hall–Kier alpha value is -0.730. The summed E-state index contributed by atoms with van der Waals surface area (Å²) in [5, 5.41) is 0.646. The predicted molar refractivity (Wildman–Crippen MR) is 62.2 cm³/mol. The first-order valence-corrected chi connectivity index (χ1v) is 5.01. The molecule has 0 amide bonds. The minimum atomic E-state index is -0.142. The van der Waals surface area contributed by atoms with Gasteiger partial charge >= 0.3 is 0 Å². The number of rotatable bonds is 1. The van der Waals surface area contributed by atoms with Gasteiger partial charge in [-0.1, -0.05) is 38.4 Å². The van der Waals surface area contributed by atoms with Gasteiger partial charge < -0.3 is 11.5 Å². The third-order valence-electron chi connectivity index (χ3n) is 2.33. The molecule has 78 valence electrons. The van der Waals surface area contributed by atoms with E-state index in [9.17, 15) is 0 Å². The Balaban J connectivity index is 3.19. The fraction of sp³-hybridized carbons (Fsp3) is 0.455. The molecule has 0 spiro atoms. The lowest BCUT2D eigenvalue weighted by Crippen LogP contribution is -2.27. The molecule has 0 bridgehead atoms. The van der Waals surface area contributed by atoms with Crippen molar-refractivity contribution in [2.75, 3.05) is 5.73 Å². The van der Waals surface area contributed by atoms with E-state index in [2.05, 4.69) is 20.8 Å². The highest BCUT2D eigenvalue weighted by Crippen LogP contribution is 2.37. The number of anilines is 1. The molecule has 0 saturated heterocycles. The molecule has 0 aliphatic rings. The molecule has 14 heavy (non-hydrogen) atoms. The molecule has 1 aromatic rings. The lowest BCUT2D eigenvalue weighted by Gasteiger charge is -2.29. The minimum absolute atomic E-state index is 0.0425. The highest BCUT2D eigenvalue weighted by molar-refractivity contribution is 6.31. The van der Waals surface area contributed by atoms with E-state index in [1.807, 2.05) is 18.2 Å². The minimum Gasteiger partial charge on any atom is -0.398 e. The summed E-state index contributed by atoms with van der Waals surface area (Å²) in [6, 6.07) is 5.33. The molecule has 0 radical (unpaired) electrons. The number of hydrogen-bond donors (Lipinski definition) is 2. The van der Waals surface area contributed by atoms with Crippen LogP contribution in [-0.2, 0) is 0 Å². The summed E-state index contributed by atoms with van der Waals surface area (Å²) in [5.74, 6) is 0. The predicted octanol–water partition coefficient (Wildman–Crippen LogP) is 2.97. The van der Waals surface area contributed by atoms with Crippen molar-refractivity contribution in [3.8, 4) is 0 Å². The van der Waals surface area contributed by atoms with E-state index in [0.29, 0.717) is 10.7 Å². The van der Waals surface area contributed by atoms with Crippen molar-refractivity contribution >= 4 is 17.3 Å². The first-order chi connectivity index (χ1) is 6.34. The Bertz CT molecular complexity index is 308. The molecule has 1 atom stereocenters. The molecule has 1 aromatic carbocycles. The molecular formula is C11H17ClN2. The summed E-state index contributed by atoms with van der Waals surface area (Å²) in [6.45, 7) is 6.21. The maximum absolute atomic E-state index is 6.11. The zero-order valence-corrected chi connectivity index (χ0v) is 9.60. The van der Waals surface area contributed by atoms with Crippen LogP contribution in [0.5, 0.6) is 0 Å². The van der Waals surface area contributed by atoms with Crippen molar-refractivity contribution in [1.82, 2.24) is 0 Å². The summed E-state index contributed by atoms with van der Waals surface area (Å²) < 4.78 is 0. The van der Waals surface area contributed by atoms with Crippen molar-refractivity contribution in [1.29, 1.82) is 0 Å². The molecule has 4 N–H and O–H groups in total. The Morgan fingerprint density at radius 2 is 1.86 bits per heavy atom. The standard InChI is InChI=1S/C11H17ClN2/c1-11(2,3)10(14)9-7(12)5-4-6-8(9)13/h4-6,10H,13-14H2,1-3H3/t10-/m1/s1. The third kappa shape index (κ3) is 2.20. The van der Waals surface area contributed by atoms with E-state index in [1.165, 1.54) is 0 Å². The van der Waals surface area contributed by atoms with Crippen LogP contribution in [0.3, 0.4) is 0 Å². The fourth-order valence-electron chi connectivity index (χ4n) is 1.31. The molecule has 0 saturated carbocycles. The molecule has 0 aliphatic carbocycles. The Morgan fingerprint density at radius 3 is 2.29 bits per heavy atom. The average molecular weight is 213 g/mol. The van der Waals surface area contributed by atoms with Gasteiger partial charge in [0.25, 0.3) is 0 Å². The molecule has 1 rings (SSSR count). The summed E-state index contributed by atoms with van der Waals surface area (Å²) >= 11 is 6.07. The number of benzene rings is 1. The van der Waals surface area contributed by atoms with Crippen molar-refractivity contribution in [3.05, 3.63) is 28.8 Å². The van der Waals surface area contributed by atoms with Gasteiger partial charge in [0, 0.05) is 22.3 Å². The number of nitrogen functional groups attached to an aromatic ring is 1. The van der Waals surface area contributed by atoms with Crippen LogP contribution >= 0.6 is 11.6 Å². The zero-order chi connectivity index (χ0) is 10.9. The monoisotopic (exact) mass is 212 g/mol. The lowest BCUT2D eigenvalue weighted by atomic mass is 9.82. The van der Waals surface area contributed by atoms with Gasteiger partial charge in [-0.3, -0.25) is 0 Å². The van der Waals surface area contributed by atoms with Crippen LogP contribution in [0.2, 0.25) is 5.02 Å². The van der Waals surface area contributed by atoms with Gasteiger partial charge in [0.05, 0.1) is 0 Å². The van der Waals surface area contributed by atoms with Crippen LogP contribution < -0.4 is 11.5 Å². The SMILES string of the molecule is CC(C)(C)[C@H](N)c1c(N)cccc1Cl. The van der Waals surface area contributed by atoms with E-state index in [4.69, 9.17) is 23.1 Å². The molecule has 3 heteroatoms. The molecular weight excluding hydrogens is 196 g/mol. The van der Waals surface area contributed by atoms with Crippen molar-refractivity contribution in [2.24, 2.45) is 11.1 Å². The molecule has 2 nitrogen and oxygen atoms in total. The van der Waals surface area contributed by atoms with Crippen LogP contribution in [0.25, 0.3) is 0 Å².